The van der Waals surface area contributed by atoms with E-state index >= 15 is 0 Å². The Kier molecular flexibility index (Phi) is 18.7. The predicted molar refractivity (Wildman–Crippen MR) is 281 cm³/mol. The molecule has 0 bridgehead atoms. The molecule has 386 valence electrons. The topological polar surface area (TPSA) is 183 Å². The number of carbonyl (C=O) groups excluding carboxylic acids is 1. The van der Waals surface area contributed by atoms with Gasteiger partial charge < -0.3 is 49.8 Å². The summed E-state index contributed by atoms with van der Waals surface area (Å²) in [6.45, 7) is 14.9. The molecule has 1 atom stereocenters. The molecule has 0 saturated carbocycles. The average Bonchev–Trinajstić information content (AvgIpc) is 3.39. The van der Waals surface area contributed by atoms with Crippen molar-refractivity contribution in [3.63, 3.8) is 0 Å². The van der Waals surface area contributed by atoms with Gasteiger partial charge in [0.05, 0.1) is 68.1 Å². The normalized spacial score (nSPS) is 16.8. The molecule has 18 nitrogen and oxygen atoms in total. The monoisotopic (exact) mass is 1030 g/mol. The Hall–Kier alpha value is -5.90. The third-order valence-electron chi connectivity index (χ3n) is 13.0. The van der Waals surface area contributed by atoms with Gasteiger partial charge in [-0.05, 0) is 81.3 Å². The smallest absolute Gasteiger partial charge is 0.229 e. The molecule has 21 heteroatoms. The third-order valence-corrected chi connectivity index (χ3v) is 15.5. The molecule has 3 aromatic carbocycles. The molecule has 72 heavy (non-hydrogen) atoms. The maximum atomic E-state index is 13.8. The van der Waals surface area contributed by atoms with E-state index in [4.69, 9.17) is 25.8 Å². The number of para-hydroxylation sites is 1. The van der Waals surface area contributed by atoms with E-state index in [-0.39, 0.29) is 33.5 Å². The number of piperidine rings is 1. The standard InChI is InChI=1S/C51H66ClFN12O6S/c1-38(2)72(67,68)46-11-4-3-10-45(46)59-50-44(52)35-54-51(60-50)58-40-12-14-42(15-13-40)62-22-24-64(25-23-62)49(66)16-27-69-29-31-71-32-30-70-28-26-61-18-20-63(21-19-61)48-34-47(55-37-56-48)57-41-8-6-17-65(36-41)43-9-5-7-39(53)33-43/h3-5,7,9-15,33-35,37-38,41H,6,8,16-32,36H2,1-2H3,(H,55,56,57)(H2,54,58,59,60)/t41-/m1/s1. The molecule has 8 rings (SSSR count). The second-order valence-corrected chi connectivity index (χ2v) is 21.1. The number of aromatic nitrogens is 4. The SMILES string of the molecule is CC(C)S(=O)(=O)c1ccccc1Nc1nc(Nc2ccc(N3CCN(C(=O)CCOCCOCCOCCN4CCN(c5cc(N[C@@H]6CCCN(c7cccc(F)c7)C6)ncn5)CC4)CC3)cc2)ncc1Cl. The average molecular weight is 1030 g/mol. The lowest BCUT2D eigenvalue weighted by molar-refractivity contribution is -0.132. The second kappa shape index (κ2) is 25.7. The molecule has 3 aliphatic heterocycles. The van der Waals surface area contributed by atoms with Crippen molar-refractivity contribution in [3.05, 3.63) is 102 Å². The summed E-state index contributed by atoms with van der Waals surface area (Å²) < 4.78 is 57.0. The summed E-state index contributed by atoms with van der Waals surface area (Å²) in [5.74, 6) is 2.16. The molecule has 3 aliphatic rings. The van der Waals surface area contributed by atoms with Crippen molar-refractivity contribution in [2.24, 2.45) is 0 Å². The highest BCUT2D eigenvalue weighted by Gasteiger charge is 2.25. The fraction of sp³-hybridized carbons (Fsp3) is 0.471. The lowest BCUT2D eigenvalue weighted by atomic mass is 10.0. The Bertz CT molecular complexity index is 2640. The highest BCUT2D eigenvalue weighted by molar-refractivity contribution is 7.92. The van der Waals surface area contributed by atoms with Gasteiger partial charge in [0.1, 0.15) is 28.8 Å². The first-order valence-corrected chi connectivity index (χ1v) is 26.7. The maximum absolute atomic E-state index is 13.8. The fourth-order valence-electron chi connectivity index (χ4n) is 8.88. The van der Waals surface area contributed by atoms with E-state index in [9.17, 15) is 17.6 Å². The largest absolute Gasteiger partial charge is 0.379 e. The molecule has 2 aromatic heterocycles. The van der Waals surface area contributed by atoms with Gasteiger partial charge in [-0.1, -0.05) is 29.8 Å². The zero-order valence-corrected chi connectivity index (χ0v) is 42.7. The molecule has 3 N–H and O–H groups in total. The zero-order valence-electron chi connectivity index (χ0n) is 41.1. The van der Waals surface area contributed by atoms with Crippen LogP contribution in [0.5, 0.6) is 0 Å². The van der Waals surface area contributed by atoms with Crippen LogP contribution in [0.3, 0.4) is 0 Å². The van der Waals surface area contributed by atoms with Gasteiger partial charge in [0.2, 0.25) is 11.9 Å². The van der Waals surface area contributed by atoms with Gasteiger partial charge in [0, 0.05) is 101 Å². The molecular weight excluding hydrogens is 963 g/mol. The Morgan fingerprint density at radius 1 is 0.764 bits per heavy atom. The van der Waals surface area contributed by atoms with Crippen LogP contribution in [0.2, 0.25) is 5.02 Å². The van der Waals surface area contributed by atoms with Gasteiger partial charge in [0.25, 0.3) is 0 Å². The van der Waals surface area contributed by atoms with E-state index in [1.54, 1.807) is 56.6 Å². The summed E-state index contributed by atoms with van der Waals surface area (Å²) in [7, 11) is -3.55. The minimum absolute atomic E-state index is 0.0783. The summed E-state index contributed by atoms with van der Waals surface area (Å²) in [4.78, 5) is 42.1. The van der Waals surface area contributed by atoms with E-state index in [1.165, 1.54) is 12.3 Å². The van der Waals surface area contributed by atoms with Crippen LogP contribution in [0, 0.1) is 5.82 Å². The van der Waals surface area contributed by atoms with E-state index in [0.29, 0.717) is 83.9 Å². The van der Waals surface area contributed by atoms with Gasteiger partial charge in [-0.3, -0.25) is 9.69 Å². The Morgan fingerprint density at radius 3 is 2.24 bits per heavy atom. The minimum atomic E-state index is -3.55. The number of sulfone groups is 1. The van der Waals surface area contributed by atoms with Crippen molar-refractivity contribution < 1.29 is 31.8 Å². The van der Waals surface area contributed by atoms with Gasteiger partial charge in [-0.25, -0.2) is 27.8 Å². The Balaban J connectivity index is 0.642. The summed E-state index contributed by atoms with van der Waals surface area (Å²) in [5.41, 5.74) is 3.09. The number of nitrogens with zero attached hydrogens (tertiary/aromatic N) is 9. The van der Waals surface area contributed by atoms with E-state index in [0.717, 1.165) is 87.4 Å². The Morgan fingerprint density at radius 2 is 1.49 bits per heavy atom. The van der Waals surface area contributed by atoms with Crippen LogP contribution in [-0.2, 0) is 28.8 Å². The molecule has 0 aliphatic carbocycles. The predicted octanol–water partition coefficient (Wildman–Crippen LogP) is 6.72. The molecule has 0 radical (unpaired) electrons. The van der Waals surface area contributed by atoms with Crippen LogP contribution in [0.1, 0.15) is 33.1 Å². The number of benzene rings is 3. The zero-order chi connectivity index (χ0) is 50.3. The number of anilines is 8. The van der Waals surface area contributed by atoms with Crippen LogP contribution in [0.4, 0.5) is 50.5 Å². The minimum Gasteiger partial charge on any atom is -0.379 e. The van der Waals surface area contributed by atoms with Crippen LogP contribution in [0.25, 0.3) is 0 Å². The number of amides is 1. The lowest BCUT2D eigenvalue weighted by Gasteiger charge is -2.36. The number of ether oxygens (including phenoxy) is 3. The van der Waals surface area contributed by atoms with Crippen LogP contribution in [-0.4, -0.2) is 167 Å². The van der Waals surface area contributed by atoms with Crippen molar-refractivity contribution in [1.82, 2.24) is 29.7 Å². The number of hydrogen-bond donors (Lipinski definition) is 3. The molecule has 3 saturated heterocycles. The van der Waals surface area contributed by atoms with E-state index in [2.05, 4.69) is 55.5 Å². The number of halogens is 2. The number of carbonyl (C=O) groups is 1. The number of rotatable bonds is 23. The number of piperazine rings is 2. The third kappa shape index (κ3) is 14.6. The first kappa shape index (κ1) is 52.4. The quantitative estimate of drug-likeness (QED) is 0.0586. The van der Waals surface area contributed by atoms with Crippen molar-refractivity contribution >= 4 is 73.5 Å². The molecule has 0 unspecified atom stereocenters. The van der Waals surface area contributed by atoms with Gasteiger partial charge in [0.15, 0.2) is 15.7 Å². The lowest BCUT2D eigenvalue weighted by Crippen LogP contribution is -2.49. The summed E-state index contributed by atoms with van der Waals surface area (Å²) in [6, 6.07) is 23.6. The van der Waals surface area contributed by atoms with E-state index < -0.39 is 15.1 Å². The van der Waals surface area contributed by atoms with Gasteiger partial charge in [-0.2, -0.15) is 4.98 Å². The summed E-state index contributed by atoms with van der Waals surface area (Å²) in [6.07, 6.45) is 5.46. The fourth-order valence-corrected chi connectivity index (χ4v) is 10.2. The first-order chi connectivity index (χ1) is 35.0. The van der Waals surface area contributed by atoms with E-state index in [1.807, 2.05) is 41.3 Å². The number of hydrogen-bond acceptors (Lipinski definition) is 17. The summed E-state index contributed by atoms with van der Waals surface area (Å²) >= 11 is 6.42. The maximum Gasteiger partial charge on any atom is 0.229 e. The number of nitrogens with one attached hydrogen (secondary N) is 3. The molecule has 3 fully saturated rings. The molecule has 5 aromatic rings. The molecule has 1 amide bonds. The highest BCUT2D eigenvalue weighted by atomic mass is 35.5. The second-order valence-electron chi connectivity index (χ2n) is 18.2. The first-order valence-electron chi connectivity index (χ1n) is 24.8. The Labute approximate surface area is 427 Å². The van der Waals surface area contributed by atoms with Crippen LogP contribution >= 0.6 is 11.6 Å². The van der Waals surface area contributed by atoms with Crippen molar-refractivity contribution in [3.8, 4) is 0 Å². The van der Waals surface area contributed by atoms with Gasteiger partial charge >= 0.3 is 0 Å². The molecule has 5 heterocycles. The van der Waals surface area contributed by atoms with Crippen molar-refractivity contribution in [1.29, 1.82) is 0 Å². The van der Waals surface area contributed by atoms with Gasteiger partial charge in [-0.15, -0.1) is 0 Å². The van der Waals surface area contributed by atoms with Crippen LogP contribution in [0.15, 0.2) is 96.3 Å². The molecular formula is C51H66ClFN12O6S. The molecule has 0 spiro atoms. The van der Waals surface area contributed by atoms with Crippen molar-refractivity contribution in [2.75, 3.05) is 142 Å². The highest BCUT2D eigenvalue weighted by Crippen LogP contribution is 2.31. The van der Waals surface area contributed by atoms with Crippen LogP contribution < -0.4 is 30.7 Å². The summed E-state index contributed by atoms with van der Waals surface area (Å²) in [5, 5.41) is 9.52. The van der Waals surface area contributed by atoms with Crippen molar-refractivity contribution in [2.45, 2.75) is 49.3 Å².